The van der Waals surface area contributed by atoms with Crippen molar-refractivity contribution in [2.75, 3.05) is 11.9 Å². The van der Waals surface area contributed by atoms with Gasteiger partial charge in [-0.05, 0) is 31.5 Å². The number of alkyl halides is 3. The maximum absolute atomic E-state index is 12.1. The highest BCUT2D eigenvalue weighted by atomic mass is 19.4. The molecule has 1 aliphatic rings. The summed E-state index contributed by atoms with van der Waals surface area (Å²) in [5, 5.41) is 5.66. The van der Waals surface area contributed by atoms with E-state index in [1.165, 1.54) is 18.2 Å². The number of carbonyl (C=O) groups excluding carboxylic acids is 1. The van der Waals surface area contributed by atoms with E-state index in [0.717, 1.165) is 31.9 Å². The molecule has 0 saturated carbocycles. The van der Waals surface area contributed by atoms with Crippen LogP contribution in [-0.2, 0) is 4.79 Å². The first-order chi connectivity index (χ1) is 9.44. The highest BCUT2D eigenvalue weighted by Crippen LogP contribution is 2.25. The Balaban J connectivity index is 1.98. The van der Waals surface area contributed by atoms with Gasteiger partial charge >= 0.3 is 6.36 Å². The molecule has 2 N–H and O–H groups in total. The molecule has 1 heterocycles. The van der Waals surface area contributed by atoms with Gasteiger partial charge in [0.15, 0.2) is 0 Å². The van der Waals surface area contributed by atoms with E-state index in [-0.39, 0.29) is 23.4 Å². The lowest BCUT2D eigenvalue weighted by Crippen LogP contribution is -2.43. The molecule has 110 valence electrons. The topological polar surface area (TPSA) is 50.4 Å². The summed E-state index contributed by atoms with van der Waals surface area (Å²) < 4.78 is 40.1. The van der Waals surface area contributed by atoms with E-state index in [1.807, 2.05) is 0 Å². The quantitative estimate of drug-likeness (QED) is 0.899. The Labute approximate surface area is 114 Å². The van der Waals surface area contributed by atoms with Gasteiger partial charge in [0.05, 0.1) is 6.04 Å². The number of anilines is 1. The Bertz CT molecular complexity index is 471. The Morgan fingerprint density at radius 2 is 2.15 bits per heavy atom. The van der Waals surface area contributed by atoms with Crippen LogP contribution in [0.3, 0.4) is 0 Å². The summed E-state index contributed by atoms with van der Waals surface area (Å²) in [6, 6.07) is 4.95. The number of halogens is 3. The molecule has 1 atom stereocenters. The van der Waals surface area contributed by atoms with Gasteiger partial charge in [0, 0.05) is 11.8 Å². The fraction of sp³-hybridized carbons (Fsp3) is 0.462. The van der Waals surface area contributed by atoms with Crippen LogP contribution in [0.5, 0.6) is 5.75 Å². The van der Waals surface area contributed by atoms with Crippen LogP contribution in [0.25, 0.3) is 0 Å². The molecule has 1 aliphatic heterocycles. The summed E-state index contributed by atoms with van der Waals surface area (Å²) in [4.78, 5) is 11.9. The lowest BCUT2D eigenvalue weighted by atomic mass is 10.0. The number of carbonyl (C=O) groups is 1. The summed E-state index contributed by atoms with van der Waals surface area (Å²) in [5.74, 6) is -0.597. The summed E-state index contributed by atoms with van der Waals surface area (Å²) in [5.41, 5.74) is 0.282. The van der Waals surface area contributed by atoms with E-state index < -0.39 is 6.36 Å². The van der Waals surface area contributed by atoms with Crippen molar-refractivity contribution in [1.29, 1.82) is 0 Å². The van der Waals surface area contributed by atoms with Crippen molar-refractivity contribution in [2.45, 2.75) is 31.7 Å². The molecular weight excluding hydrogens is 273 g/mol. The third-order valence-corrected chi connectivity index (χ3v) is 2.96. The zero-order valence-electron chi connectivity index (χ0n) is 10.7. The van der Waals surface area contributed by atoms with Crippen LogP contribution in [0.2, 0.25) is 0 Å². The molecule has 1 aromatic carbocycles. The van der Waals surface area contributed by atoms with Gasteiger partial charge < -0.3 is 15.4 Å². The zero-order valence-corrected chi connectivity index (χ0v) is 10.7. The predicted molar refractivity (Wildman–Crippen MR) is 67.4 cm³/mol. The van der Waals surface area contributed by atoms with Gasteiger partial charge in [0.25, 0.3) is 0 Å². The van der Waals surface area contributed by atoms with Gasteiger partial charge in [0.2, 0.25) is 5.91 Å². The molecule has 4 nitrogen and oxygen atoms in total. The number of rotatable bonds is 3. The molecule has 2 rings (SSSR count). The summed E-state index contributed by atoms with van der Waals surface area (Å²) in [7, 11) is 0. The summed E-state index contributed by atoms with van der Waals surface area (Å²) in [6.07, 6.45) is -2.03. The molecule has 7 heteroatoms. The fourth-order valence-corrected chi connectivity index (χ4v) is 2.08. The second-order valence-electron chi connectivity index (χ2n) is 4.57. The van der Waals surface area contributed by atoms with Crippen molar-refractivity contribution in [1.82, 2.24) is 5.32 Å². The van der Waals surface area contributed by atoms with Crippen molar-refractivity contribution in [3.05, 3.63) is 24.3 Å². The number of nitrogens with one attached hydrogen (secondary N) is 2. The Morgan fingerprint density at radius 3 is 2.80 bits per heavy atom. The Kier molecular flexibility index (Phi) is 4.49. The lowest BCUT2D eigenvalue weighted by molar-refractivity contribution is -0.274. The minimum Gasteiger partial charge on any atom is -0.406 e. The van der Waals surface area contributed by atoms with Gasteiger partial charge in [-0.3, -0.25) is 4.79 Å². The number of hydrogen-bond donors (Lipinski definition) is 2. The molecule has 1 saturated heterocycles. The average Bonchev–Trinajstić information content (AvgIpc) is 2.38. The molecule has 0 aromatic heterocycles. The van der Waals surface area contributed by atoms with Crippen molar-refractivity contribution < 1.29 is 22.7 Å². The first kappa shape index (κ1) is 14.6. The SMILES string of the molecule is O=C(Nc1cccc(OC(F)(F)F)c1)[C@@H]1CCCCN1. The van der Waals surface area contributed by atoms with Crippen molar-refractivity contribution in [3.8, 4) is 5.75 Å². The van der Waals surface area contributed by atoms with Gasteiger partial charge in [-0.15, -0.1) is 13.2 Å². The second kappa shape index (κ2) is 6.13. The number of benzene rings is 1. The highest BCUT2D eigenvalue weighted by Gasteiger charge is 2.31. The summed E-state index contributed by atoms with van der Waals surface area (Å²) in [6.45, 7) is 0.773. The Hall–Kier alpha value is -1.76. The number of hydrogen-bond acceptors (Lipinski definition) is 3. The molecule has 1 fully saturated rings. The minimum atomic E-state index is -4.74. The van der Waals surface area contributed by atoms with Gasteiger partial charge in [-0.2, -0.15) is 0 Å². The molecule has 0 spiro atoms. The number of piperidine rings is 1. The van der Waals surface area contributed by atoms with Crippen LogP contribution in [0.4, 0.5) is 18.9 Å². The smallest absolute Gasteiger partial charge is 0.406 e. The molecule has 0 unspecified atom stereocenters. The van der Waals surface area contributed by atoms with Crippen molar-refractivity contribution in [3.63, 3.8) is 0 Å². The van der Waals surface area contributed by atoms with E-state index in [9.17, 15) is 18.0 Å². The van der Waals surface area contributed by atoms with Crippen molar-refractivity contribution in [2.24, 2.45) is 0 Å². The molecular formula is C13H15F3N2O2. The monoisotopic (exact) mass is 288 g/mol. The van der Waals surface area contributed by atoms with Gasteiger partial charge in [-0.25, -0.2) is 0 Å². The van der Waals surface area contributed by atoms with Crippen LogP contribution in [0.1, 0.15) is 19.3 Å². The number of amides is 1. The summed E-state index contributed by atoms with van der Waals surface area (Å²) >= 11 is 0. The van der Waals surface area contributed by atoms with Crippen molar-refractivity contribution >= 4 is 11.6 Å². The van der Waals surface area contributed by atoms with Crippen LogP contribution < -0.4 is 15.4 Å². The molecule has 0 bridgehead atoms. The minimum absolute atomic E-state index is 0.242. The first-order valence-electron chi connectivity index (χ1n) is 6.34. The van der Waals surface area contributed by atoms with E-state index in [2.05, 4.69) is 15.4 Å². The average molecular weight is 288 g/mol. The molecule has 0 aliphatic carbocycles. The predicted octanol–water partition coefficient (Wildman–Crippen LogP) is 2.67. The zero-order chi connectivity index (χ0) is 14.6. The second-order valence-corrected chi connectivity index (χ2v) is 4.57. The van der Waals surface area contributed by atoms with E-state index >= 15 is 0 Å². The first-order valence-corrected chi connectivity index (χ1v) is 6.34. The van der Waals surface area contributed by atoms with Gasteiger partial charge in [0.1, 0.15) is 5.75 Å². The van der Waals surface area contributed by atoms with Gasteiger partial charge in [-0.1, -0.05) is 12.5 Å². The maximum atomic E-state index is 12.1. The third-order valence-electron chi connectivity index (χ3n) is 2.96. The van der Waals surface area contributed by atoms with Crippen LogP contribution in [0, 0.1) is 0 Å². The molecule has 20 heavy (non-hydrogen) atoms. The standard InChI is InChI=1S/C13H15F3N2O2/c14-13(15,16)20-10-5-3-4-9(8-10)18-12(19)11-6-1-2-7-17-11/h3-5,8,11,17H,1-2,6-7H2,(H,18,19)/t11-/m0/s1. The highest BCUT2D eigenvalue weighted by molar-refractivity contribution is 5.95. The largest absolute Gasteiger partial charge is 0.573 e. The molecule has 1 aromatic rings. The molecule has 0 radical (unpaired) electrons. The fourth-order valence-electron chi connectivity index (χ4n) is 2.08. The van der Waals surface area contributed by atoms with E-state index in [1.54, 1.807) is 0 Å². The van der Waals surface area contributed by atoms with E-state index in [4.69, 9.17) is 0 Å². The third kappa shape index (κ3) is 4.41. The molecule has 1 amide bonds. The number of ether oxygens (including phenoxy) is 1. The maximum Gasteiger partial charge on any atom is 0.573 e. The lowest BCUT2D eigenvalue weighted by Gasteiger charge is -2.22. The van der Waals surface area contributed by atoms with Crippen LogP contribution >= 0.6 is 0 Å². The van der Waals surface area contributed by atoms with E-state index in [0.29, 0.717) is 0 Å². The Morgan fingerprint density at radius 1 is 1.35 bits per heavy atom. The van der Waals surface area contributed by atoms with Crippen LogP contribution in [-0.4, -0.2) is 24.9 Å². The van der Waals surface area contributed by atoms with Crippen LogP contribution in [0.15, 0.2) is 24.3 Å². The normalized spacial score (nSPS) is 19.4.